The number of aromatic nitrogens is 1. The standard InChI is InChI=1S/C22H29N3O2/c1-21(2)13-16(14-22(3,4)25-21)23-20(26)19-8-6-7-18(24-19)15-9-11-17(27-5)12-10-15/h6-12,16,25H,13-14H2,1-5H3,(H,23,26). The Morgan fingerprint density at radius 1 is 1.07 bits per heavy atom. The van der Waals surface area contributed by atoms with Crippen molar-refractivity contribution in [3.8, 4) is 17.0 Å². The number of hydrogen-bond donors (Lipinski definition) is 2. The van der Waals surface area contributed by atoms with E-state index >= 15 is 0 Å². The number of pyridine rings is 1. The SMILES string of the molecule is COc1ccc(-c2cccc(C(=O)NC3CC(C)(C)NC(C)(C)C3)n2)cc1. The Morgan fingerprint density at radius 2 is 1.70 bits per heavy atom. The number of nitrogens with zero attached hydrogens (tertiary/aromatic N) is 1. The largest absolute Gasteiger partial charge is 0.497 e. The average Bonchev–Trinajstić information content (AvgIpc) is 2.59. The zero-order valence-corrected chi connectivity index (χ0v) is 16.8. The molecule has 1 aliphatic heterocycles. The Kier molecular flexibility index (Phi) is 5.24. The first-order valence-electron chi connectivity index (χ1n) is 9.39. The third kappa shape index (κ3) is 4.86. The molecular weight excluding hydrogens is 338 g/mol. The lowest BCUT2D eigenvalue weighted by Gasteiger charge is -2.46. The third-order valence-electron chi connectivity index (χ3n) is 4.89. The molecule has 3 rings (SSSR count). The summed E-state index contributed by atoms with van der Waals surface area (Å²) >= 11 is 0. The molecule has 0 saturated carbocycles. The molecule has 5 nitrogen and oxygen atoms in total. The molecule has 5 heteroatoms. The Hall–Kier alpha value is -2.40. The normalized spacial score (nSPS) is 18.7. The summed E-state index contributed by atoms with van der Waals surface area (Å²) in [6.45, 7) is 8.70. The highest BCUT2D eigenvalue weighted by Crippen LogP contribution is 2.28. The van der Waals surface area contributed by atoms with Crippen LogP contribution in [0.4, 0.5) is 0 Å². The predicted molar refractivity (Wildman–Crippen MR) is 108 cm³/mol. The van der Waals surface area contributed by atoms with Gasteiger partial charge in [-0.25, -0.2) is 4.98 Å². The average molecular weight is 367 g/mol. The predicted octanol–water partition coefficient (Wildman–Crippen LogP) is 3.80. The second-order valence-electron chi connectivity index (χ2n) is 8.61. The van der Waals surface area contributed by atoms with Crippen LogP contribution in [0.3, 0.4) is 0 Å². The maximum atomic E-state index is 12.8. The summed E-state index contributed by atoms with van der Waals surface area (Å²) in [6.07, 6.45) is 1.78. The molecular formula is C22H29N3O2. The second kappa shape index (κ2) is 7.31. The molecule has 0 aliphatic carbocycles. The molecule has 2 N–H and O–H groups in total. The quantitative estimate of drug-likeness (QED) is 0.863. The van der Waals surface area contributed by atoms with Crippen LogP contribution in [0.2, 0.25) is 0 Å². The number of rotatable bonds is 4. The Balaban J connectivity index is 1.75. The summed E-state index contributed by atoms with van der Waals surface area (Å²) < 4.78 is 5.20. The van der Waals surface area contributed by atoms with Crippen molar-refractivity contribution in [2.24, 2.45) is 0 Å². The molecule has 2 aromatic rings. The van der Waals surface area contributed by atoms with Gasteiger partial charge in [-0.2, -0.15) is 0 Å². The van der Waals surface area contributed by atoms with Crippen molar-refractivity contribution in [3.05, 3.63) is 48.2 Å². The van der Waals surface area contributed by atoms with E-state index in [0.29, 0.717) is 5.69 Å². The number of piperidine rings is 1. The van der Waals surface area contributed by atoms with Gasteiger partial charge in [0, 0.05) is 22.7 Å². The van der Waals surface area contributed by atoms with Crippen LogP contribution in [0.25, 0.3) is 11.3 Å². The van der Waals surface area contributed by atoms with Gasteiger partial charge in [0.2, 0.25) is 0 Å². The van der Waals surface area contributed by atoms with Crippen LogP contribution in [0.15, 0.2) is 42.5 Å². The fourth-order valence-electron chi connectivity index (χ4n) is 4.17. The van der Waals surface area contributed by atoms with E-state index in [4.69, 9.17) is 4.74 Å². The van der Waals surface area contributed by atoms with Gasteiger partial charge in [0.1, 0.15) is 11.4 Å². The number of nitrogens with one attached hydrogen (secondary N) is 2. The molecule has 1 saturated heterocycles. The van der Waals surface area contributed by atoms with Gasteiger partial charge in [-0.3, -0.25) is 4.79 Å². The van der Waals surface area contributed by atoms with Crippen LogP contribution < -0.4 is 15.4 Å². The topological polar surface area (TPSA) is 63.2 Å². The Labute approximate surface area is 161 Å². The number of hydrogen-bond acceptors (Lipinski definition) is 4. The van der Waals surface area contributed by atoms with Crippen molar-refractivity contribution in [2.75, 3.05) is 7.11 Å². The van der Waals surface area contributed by atoms with Crippen LogP contribution in [0.1, 0.15) is 51.0 Å². The first kappa shape index (κ1) is 19.4. The van der Waals surface area contributed by atoms with Gasteiger partial charge < -0.3 is 15.4 Å². The molecule has 1 aromatic heterocycles. The highest BCUT2D eigenvalue weighted by molar-refractivity contribution is 5.93. The summed E-state index contributed by atoms with van der Waals surface area (Å²) in [6, 6.07) is 13.3. The summed E-state index contributed by atoms with van der Waals surface area (Å²) in [7, 11) is 1.64. The van der Waals surface area contributed by atoms with E-state index in [0.717, 1.165) is 29.8 Å². The lowest BCUT2D eigenvalue weighted by Crippen LogP contribution is -2.62. The van der Waals surface area contributed by atoms with Crippen molar-refractivity contribution >= 4 is 5.91 Å². The zero-order chi connectivity index (χ0) is 19.7. The molecule has 144 valence electrons. The van der Waals surface area contributed by atoms with E-state index in [-0.39, 0.29) is 23.0 Å². The molecule has 0 radical (unpaired) electrons. The van der Waals surface area contributed by atoms with Crippen LogP contribution in [0.5, 0.6) is 5.75 Å². The number of carbonyl (C=O) groups excluding carboxylic acids is 1. The van der Waals surface area contributed by atoms with E-state index in [1.807, 2.05) is 36.4 Å². The molecule has 1 aliphatic rings. The minimum Gasteiger partial charge on any atom is -0.497 e. The van der Waals surface area contributed by atoms with E-state index in [2.05, 4.69) is 43.3 Å². The number of methoxy groups -OCH3 is 1. The van der Waals surface area contributed by atoms with Gasteiger partial charge in [-0.05, 0) is 76.9 Å². The smallest absolute Gasteiger partial charge is 0.270 e. The monoisotopic (exact) mass is 367 g/mol. The third-order valence-corrected chi connectivity index (χ3v) is 4.89. The number of benzene rings is 1. The zero-order valence-electron chi connectivity index (χ0n) is 16.8. The van der Waals surface area contributed by atoms with Gasteiger partial charge >= 0.3 is 0 Å². The van der Waals surface area contributed by atoms with E-state index in [1.54, 1.807) is 13.2 Å². The molecule has 1 amide bonds. The first-order chi connectivity index (χ1) is 12.7. The summed E-state index contributed by atoms with van der Waals surface area (Å²) in [5.41, 5.74) is 2.14. The van der Waals surface area contributed by atoms with Crippen LogP contribution in [-0.2, 0) is 0 Å². The van der Waals surface area contributed by atoms with Crippen molar-refractivity contribution in [3.63, 3.8) is 0 Å². The van der Waals surface area contributed by atoms with Crippen LogP contribution in [-0.4, -0.2) is 35.1 Å². The summed E-state index contributed by atoms with van der Waals surface area (Å²) in [4.78, 5) is 17.4. The van der Waals surface area contributed by atoms with Gasteiger partial charge in [-0.15, -0.1) is 0 Å². The minimum absolute atomic E-state index is 0.0158. The fraction of sp³-hybridized carbons (Fsp3) is 0.455. The van der Waals surface area contributed by atoms with Crippen molar-refractivity contribution < 1.29 is 9.53 Å². The van der Waals surface area contributed by atoms with Crippen LogP contribution >= 0.6 is 0 Å². The molecule has 27 heavy (non-hydrogen) atoms. The molecule has 1 aromatic carbocycles. The first-order valence-corrected chi connectivity index (χ1v) is 9.39. The highest BCUT2D eigenvalue weighted by Gasteiger charge is 2.38. The molecule has 1 fully saturated rings. The minimum atomic E-state index is -0.121. The number of carbonyl (C=O) groups is 1. The highest BCUT2D eigenvalue weighted by atomic mass is 16.5. The molecule has 0 unspecified atom stereocenters. The van der Waals surface area contributed by atoms with E-state index < -0.39 is 0 Å². The van der Waals surface area contributed by atoms with Crippen molar-refractivity contribution in [1.82, 2.24) is 15.6 Å². The maximum Gasteiger partial charge on any atom is 0.270 e. The van der Waals surface area contributed by atoms with Gasteiger partial charge in [0.05, 0.1) is 12.8 Å². The second-order valence-corrected chi connectivity index (χ2v) is 8.61. The van der Waals surface area contributed by atoms with Crippen LogP contribution in [0, 0.1) is 0 Å². The van der Waals surface area contributed by atoms with Gasteiger partial charge in [0.15, 0.2) is 0 Å². The molecule has 2 heterocycles. The van der Waals surface area contributed by atoms with Gasteiger partial charge in [0.25, 0.3) is 5.91 Å². The van der Waals surface area contributed by atoms with Crippen molar-refractivity contribution in [2.45, 2.75) is 57.7 Å². The van der Waals surface area contributed by atoms with E-state index in [1.165, 1.54) is 0 Å². The molecule has 0 spiro atoms. The summed E-state index contributed by atoms with van der Waals surface area (Å²) in [5.74, 6) is 0.674. The van der Waals surface area contributed by atoms with Crippen molar-refractivity contribution in [1.29, 1.82) is 0 Å². The molecule has 0 bridgehead atoms. The number of ether oxygens (including phenoxy) is 1. The lowest BCUT2D eigenvalue weighted by atomic mass is 9.79. The van der Waals surface area contributed by atoms with E-state index in [9.17, 15) is 4.79 Å². The lowest BCUT2D eigenvalue weighted by molar-refractivity contribution is 0.0868. The van der Waals surface area contributed by atoms with Gasteiger partial charge in [-0.1, -0.05) is 6.07 Å². The number of amides is 1. The maximum absolute atomic E-state index is 12.8. The Morgan fingerprint density at radius 3 is 2.30 bits per heavy atom. The fourth-order valence-corrected chi connectivity index (χ4v) is 4.17. The molecule has 0 atom stereocenters. The summed E-state index contributed by atoms with van der Waals surface area (Å²) in [5, 5.41) is 6.82. The Bertz CT molecular complexity index is 797.